The number of nitrogen functional groups attached to an aromatic ring is 1. The topological polar surface area (TPSA) is 44.5 Å². The van der Waals surface area contributed by atoms with Gasteiger partial charge in [-0.3, -0.25) is 0 Å². The number of methoxy groups -OCH3 is 1. The minimum atomic E-state index is -0.299. The Morgan fingerprint density at radius 2 is 1.96 bits per heavy atom. The maximum absolute atomic E-state index is 14.3. The highest BCUT2D eigenvalue weighted by molar-refractivity contribution is 6.31. The second kappa shape index (κ2) is 7.72. The van der Waals surface area contributed by atoms with Crippen molar-refractivity contribution in [1.82, 2.24) is 0 Å². The number of anilines is 1. The number of para-hydroxylation sites is 1. The van der Waals surface area contributed by atoms with Crippen molar-refractivity contribution < 1.29 is 13.9 Å². The molecule has 28 heavy (non-hydrogen) atoms. The molecular weight excluding hydrogens is 377 g/mol. The molecule has 1 aliphatic heterocycles. The molecule has 1 aliphatic rings. The molecule has 0 saturated heterocycles. The number of benzene rings is 3. The lowest BCUT2D eigenvalue weighted by molar-refractivity contribution is 0.222. The number of rotatable bonds is 5. The zero-order valence-electron chi connectivity index (χ0n) is 15.5. The summed E-state index contributed by atoms with van der Waals surface area (Å²) in [6.45, 7) is 0. The van der Waals surface area contributed by atoms with E-state index >= 15 is 0 Å². The molecule has 1 atom stereocenters. The fourth-order valence-electron chi connectivity index (χ4n) is 3.72. The van der Waals surface area contributed by atoms with E-state index in [4.69, 9.17) is 26.8 Å². The summed E-state index contributed by atoms with van der Waals surface area (Å²) in [6.07, 6.45) is 2.25. The van der Waals surface area contributed by atoms with Crippen molar-refractivity contribution in [3.63, 3.8) is 0 Å². The Morgan fingerprint density at radius 1 is 1.14 bits per heavy atom. The van der Waals surface area contributed by atoms with Crippen molar-refractivity contribution in [2.24, 2.45) is 0 Å². The number of hydrogen-bond donors (Lipinski definition) is 1. The first-order valence-corrected chi connectivity index (χ1v) is 9.59. The second-order valence-electron chi connectivity index (χ2n) is 6.97. The van der Waals surface area contributed by atoms with Crippen molar-refractivity contribution in [2.45, 2.75) is 25.4 Å². The Balaban J connectivity index is 1.62. The third-order valence-corrected chi connectivity index (χ3v) is 5.34. The van der Waals surface area contributed by atoms with Crippen LogP contribution >= 0.6 is 11.6 Å². The number of halogens is 2. The molecule has 0 bridgehead atoms. The standard InChI is InChI=1S/C23H21ClFNO2/c1-27-22-9-7-16(24)12-19(22)20-13-17(25)10-15-11-18(28-23(15)20)8-6-14-4-2-3-5-21(14)26/h2-5,7,9-10,12-13,18H,6,8,11,26H2,1H3. The highest BCUT2D eigenvalue weighted by atomic mass is 35.5. The summed E-state index contributed by atoms with van der Waals surface area (Å²) < 4.78 is 26.0. The molecule has 0 aliphatic carbocycles. The summed E-state index contributed by atoms with van der Waals surface area (Å²) in [5.74, 6) is 1.03. The van der Waals surface area contributed by atoms with Gasteiger partial charge in [0.1, 0.15) is 23.4 Å². The molecule has 1 unspecified atom stereocenters. The fraction of sp³-hybridized carbons (Fsp3) is 0.217. The molecular formula is C23H21ClFNO2. The van der Waals surface area contributed by atoms with E-state index < -0.39 is 0 Å². The van der Waals surface area contributed by atoms with Crippen LogP contribution in [0.15, 0.2) is 54.6 Å². The van der Waals surface area contributed by atoms with Crippen LogP contribution in [0, 0.1) is 5.82 Å². The Labute approximate surface area is 168 Å². The summed E-state index contributed by atoms with van der Waals surface area (Å²) in [7, 11) is 1.58. The Hall–Kier alpha value is -2.72. The zero-order valence-corrected chi connectivity index (χ0v) is 16.3. The number of hydrogen-bond acceptors (Lipinski definition) is 3. The number of ether oxygens (including phenoxy) is 2. The van der Waals surface area contributed by atoms with Crippen LogP contribution in [0.1, 0.15) is 17.5 Å². The van der Waals surface area contributed by atoms with Gasteiger partial charge in [-0.25, -0.2) is 4.39 Å². The minimum absolute atomic E-state index is 0.0275. The number of nitrogens with two attached hydrogens (primary N) is 1. The van der Waals surface area contributed by atoms with Crippen molar-refractivity contribution in [2.75, 3.05) is 12.8 Å². The van der Waals surface area contributed by atoms with Crippen molar-refractivity contribution in [1.29, 1.82) is 0 Å². The second-order valence-corrected chi connectivity index (χ2v) is 7.40. The summed E-state index contributed by atoms with van der Waals surface area (Å²) in [4.78, 5) is 0. The van der Waals surface area contributed by atoms with E-state index in [2.05, 4.69) is 0 Å². The maximum Gasteiger partial charge on any atom is 0.131 e. The lowest BCUT2D eigenvalue weighted by Gasteiger charge is -2.15. The van der Waals surface area contributed by atoms with Crippen LogP contribution in [0.3, 0.4) is 0 Å². The first-order chi connectivity index (χ1) is 13.5. The molecule has 2 N–H and O–H groups in total. The van der Waals surface area contributed by atoms with Crippen LogP contribution in [0.2, 0.25) is 5.02 Å². The van der Waals surface area contributed by atoms with E-state index in [1.165, 1.54) is 6.07 Å². The van der Waals surface area contributed by atoms with Gasteiger partial charge in [-0.1, -0.05) is 29.8 Å². The van der Waals surface area contributed by atoms with Gasteiger partial charge < -0.3 is 15.2 Å². The Bertz CT molecular complexity index is 1020. The van der Waals surface area contributed by atoms with Crippen molar-refractivity contribution >= 4 is 17.3 Å². The van der Waals surface area contributed by atoms with Crippen LogP contribution < -0.4 is 15.2 Å². The molecule has 0 aromatic heterocycles. The van der Waals surface area contributed by atoms with Gasteiger partial charge in [0.2, 0.25) is 0 Å². The van der Waals surface area contributed by atoms with E-state index in [0.717, 1.165) is 35.2 Å². The van der Waals surface area contributed by atoms with Gasteiger partial charge in [0.25, 0.3) is 0 Å². The smallest absolute Gasteiger partial charge is 0.131 e. The lowest BCUT2D eigenvalue weighted by atomic mass is 9.98. The van der Waals surface area contributed by atoms with Gasteiger partial charge in [0.05, 0.1) is 7.11 Å². The number of aryl methyl sites for hydroxylation is 1. The molecule has 1 heterocycles. The fourth-order valence-corrected chi connectivity index (χ4v) is 3.90. The van der Waals surface area contributed by atoms with Crippen LogP contribution in [-0.4, -0.2) is 13.2 Å². The average molecular weight is 398 g/mol. The van der Waals surface area contributed by atoms with E-state index in [-0.39, 0.29) is 11.9 Å². The first-order valence-electron chi connectivity index (χ1n) is 9.21. The molecule has 0 spiro atoms. The van der Waals surface area contributed by atoms with E-state index in [1.807, 2.05) is 24.3 Å². The van der Waals surface area contributed by atoms with Gasteiger partial charge in [-0.05, 0) is 54.8 Å². The normalized spacial score (nSPS) is 15.2. The van der Waals surface area contributed by atoms with Gasteiger partial charge >= 0.3 is 0 Å². The summed E-state index contributed by atoms with van der Waals surface area (Å²) in [5.41, 5.74) is 10.2. The van der Waals surface area contributed by atoms with Crippen LogP contribution in [0.5, 0.6) is 11.5 Å². The predicted molar refractivity (Wildman–Crippen MR) is 111 cm³/mol. The number of fused-ring (bicyclic) bond motifs is 1. The first kappa shape index (κ1) is 18.6. The van der Waals surface area contributed by atoms with Crippen LogP contribution in [0.25, 0.3) is 11.1 Å². The highest BCUT2D eigenvalue weighted by Gasteiger charge is 2.28. The molecule has 3 aromatic rings. The lowest BCUT2D eigenvalue weighted by Crippen LogP contribution is -2.14. The quantitative estimate of drug-likeness (QED) is 0.564. The molecule has 144 valence electrons. The third-order valence-electron chi connectivity index (χ3n) is 5.11. The third kappa shape index (κ3) is 3.65. The van der Waals surface area contributed by atoms with Crippen LogP contribution in [-0.2, 0) is 12.8 Å². The summed E-state index contributed by atoms with van der Waals surface area (Å²) in [5, 5.41) is 0.558. The minimum Gasteiger partial charge on any atom is -0.496 e. The highest BCUT2D eigenvalue weighted by Crippen LogP contribution is 2.44. The zero-order chi connectivity index (χ0) is 19.7. The van der Waals surface area contributed by atoms with Crippen LogP contribution in [0.4, 0.5) is 10.1 Å². The van der Waals surface area contributed by atoms with E-state index in [1.54, 1.807) is 31.4 Å². The molecule has 0 fully saturated rings. The van der Waals surface area contributed by atoms with Gasteiger partial charge in [0.15, 0.2) is 0 Å². The van der Waals surface area contributed by atoms with Gasteiger partial charge in [-0.2, -0.15) is 0 Å². The van der Waals surface area contributed by atoms with E-state index in [9.17, 15) is 4.39 Å². The maximum atomic E-state index is 14.3. The predicted octanol–water partition coefficient (Wildman–Crippen LogP) is 5.67. The summed E-state index contributed by atoms with van der Waals surface area (Å²) in [6, 6.07) is 16.2. The molecule has 5 heteroatoms. The Morgan fingerprint density at radius 3 is 2.75 bits per heavy atom. The van der Waals surface area contributed by atoms with Crippen molar-refractivity contribution in [3.05, 3.63) is 76.6 Å². The van der Waals surface area contributed by atoms with Gasteiger partial charge in [-0.15, -0.1) is 0 Å². The molecule has 3 aromatic carbocycles. The Kier molecular flexibility index (Phi) is 5.14. The van der Waals surface area contributed by atoms with Gasteiger partial charge in [0, 0.05) is 33.8 Å². The molecule has 3 nitrogen and oxygen atoms in total. The van der Waals surface area contributed by atoms with Crippen molar-refractivity contribution in [3.8, 4) is 22.6 Å². The SMILES string of the molecule is COc1ccc(Cl)cc1-c1cc(F)cc2c1OC(CCc1ccccc1N)C2. The molecule has 0 saturated carbocycles. The summed E-state index contributed by atoms with van der Waals surface area (Å²) >= 11 is 6.17. The average Bonchev–Trinajstić information content (AvgIpc) is 3.09. The molecule has 4 rings (SSSR count). The van der Waals surface area contributed by atoms with E-state index in [0.29, 0.717) is 28.5 Å². The largest absolute Gasteiger partial charge is 0.496 e. The molecule has 0 radical (unpaired) electrons. The monoisotopic (exact) mass is 397 g/mol. The molecule has 0 amide bonds.